The number of cyclic esters (lactones) is 1. The van der Waals surface area contributed by atoms with E-state index in [1.807, 2.05) is 6.92 Å². The van der Waals surface area contributed by atoms with Crippen LogP contribution in [-0.4, -0.2) is 81.3 Å². The average Bonchev–Trinajstić information content (AvgIpc) is 3.76. The Balaban J connectivity index is 1.17. The number of rotatable bonds is 25. The van der Waals surface area contributed by atoms with E-state index in [9.17, 15) is 25.2 Å². The van der Waals surface area contributed by atoms with Crippen molar-refractivity contribution in [3.8, 4) is 0 Å². The van der Waals surface area contributed by atoms with E-state index in [1.165, 1.54) is 38.5 Å². The zero-order valence-corrected chi connectivity index (χ0v) is 28.5. The number of aliphatic hydroxyl groups is 4. The third-order valence-corrected chi connectivity index (χ3v) is 10.1. The molecule has 0 saturated carbocycles. The molecule has 3 aliphatic heterocycles. The molecule has 0 amide bonds. The van der Waals surface area contributed by atoms with E-state index in [1.54, 1.807) is 6.08 Å². The van der Waals surface area contributed by atoms with Crippen LogP contribution >= 0.6 is 0 Å². The van der Waals surface area contributed by atoms with Crippen molar-refractivity contribution in [2.24, 2.45) is 0 Å². The topological polar surface area (TPSA) is 126 Å². The zero-order valence-electron chi connectivity index (χ0n) is 28.5. The van der Waals surface area contributed by atoms with E-state index >= 15 is 0 Å². The lowest BCUT2D eigenvalue weighted by Crippen LogP contribution is -2.31. The monoisotopic (exact) mass is 638 g/mol. The van der Waals surface area contributed by atoms with Crippen molar-refractivity contribution < 1.29 is 39.4 Å². The van der Waals surface area contributed by atoms with Crippen molar-refractivity contribution in [3.63, 3.8) is 0 Å². The first-order valence-electron chi connectivity index (χ1n) is 18.7. The molecule has 0 aliphatic carbocycles. The maximum Gasteiger partial charge on any atom is 0.334 e. The van der Waals surface area contributed by atoms with Crippen LogP contribution in [0.1, 0.15) is 162 Å². The molecule has 0 radical (unpaired) electrons. The fourth-order valence-corrected chi connectivity index (χ4v) is 7.30. The molecule has 0 aromatic carbocycles. The van der Waals surface area contributed by atoms with Crippen LogP contribution in [0.15, 0.2) is 11.6 Å². The lowest BCUT2D eigenvalue weighted by atomic mass is 9.99. The fourth-order valence-electron chi connectivity index (χ4n) is 7.30. The smallest absolute Gasteiger partial charge is 0.334 e. The number of hydrogen-bond acceptors (Lipinski definition) is 8. The Hall–Kier alpha value is -1.03. The van der Waals surface area contributed by atoms with Gasteiger partial charge in [0.15, 0.2) is 0 Å². The average molecular weight is 639 g/mol. The maximum absolute atomic E-state index is 11.7. The SMILES string of the molecule is CCCCCCCCCC[C@H](O)[C@@H](O)CCCC[C@H]1CC[C@H]([C@H]2CC[C@H]([C@H](O)CCCCC[C@@H](O)CC3=C[C@H](C)OC3=O)O2)O1. The van der Waals surface area contributed by atoms with Crippen molar-refractivity contribution in [1.82, 2.24) is 0 Å². The minimum absolute atomic E-state index is 0.0532. The number of carbonyl (C=O) groups excluding carboxylic acids is 1. The van der Waals surface area contributed by atoms with Crippen molar-refractivity contribution in [2.45, 2.75) is 216 Å². The van der Waals surface area contributed by atoms with Gasteiger partial charge in [-0.05, 0) is 70.8 Å². The molecule has 0 aromatic heterocycles. The minimum Gasteiger partial charge on any atom is -0.455 e. The van der Waals surface area contributed by atoms with Gasteiger partial charge in [-0.2, -0.15) is 0 Å². The summed E-state index contributed by atoms with van der Waals surface area (Å²) < 4.78 is 17.7. The molecule has 2 saturated heterocycles. The van der Waals surface area contributed by atoms with Crippen LogP contribution in [0.4, 0.5) is 0 Å². The molecule has 3 aliphatic rings. The molecule has 0 unspecified atom stereocenters. The summed E-state index contributed by atoms with van der Waals surface area (Å²) in [6.07, 6.45) is 21.9. The molecule has 9 atom stereocenters. The number of aliphatic hydroxyl groups excluding tert-OH is 4. The van der Waals surface area contributed by atoms with Gasteiger partial charge in [0.05, 0.1) is 48.8 Å². The van der Waals surface area contributed by atoms with Crippen LogP contribution < -0.4 is 0 Å². The second kappa shape index (κ2) is 21.8. The summed E-state index contributed by atoms with van der Waals surface area (Å²) in [5.74, 6) is -0.314. The van der Waals surface area contributed by atoms with Crippen LogP contribution in [0.25, 0.3) is 0 Å². The van der Waals surface area contributed by atoms with Gasteiger partial charge in [-0.3, -0.25) is 0 Å². The quantitative estimate of drug-likeness (QED) is 0.0634. The Labute approximate surface area is 273 Å². The highest BCUT2D eigenvalue weighted by Crippen LogP contribution is 2.34. The Morgan fingerprint density at radius 3 is 1.98 bits per heavy atom. The molecule has 3 heterocycles. The van der Waals surface area contributed by atoms with Gasteiger partial charge in [0.25, 0.3) is 0 Å². The summed E-state index contributed by atoms with van der Waals surface area (Å²) >= 11 is 0. The van der Waals surface area contributed by atoms with Crippen LogP contribution in [0, 0.1) is 0 Å². The first-order valence-corrected chi connectivity index (χ1v) is 18.7. The normalized spacial score (nSPS) is 27.8. The van der Waals surface area contributed by atoms with Gasteiger partial charge >= 0.3 is 5.97 Å². The molecular formula is C37H66O8. The highest BCUT2D eigenvalue weighted by atomic mass is 16.6. The third-order valence-electron chi connectivity index (χ3n) is 10.1. The number of esters is 1. The zero-order chi connectivity index (χ0) is 32.4. The van der Waals surface area contributed by atoms with Crippen LogP contribution in [-0.2, 0) is 19.0 Å². The Kier molecular flexibility index (Phi) is 18.6. The van der Waals surface area contributed by atoms with Crippen LogP contribution in [0.2, 0.25) is 0 Å². The first kappa shape index (κ1) is 38.4. The second-order valence-electron chi connectivity index (χ2n) is 14.2. The Bertz CT molecular complexity index is 833. The summed E-state index contributed by atoms with van der Waals surface area (Å²) in [4.78, 5) is 11.7. The first-order chi connectivity index (χ1) is 21.8. The molecule has 262 valence electrons. The molecule has 3 rings (SSSR count). The van der Waals surface area contributed by atoms with Crippen molar-refractivity contribution in [3.05, 3.63) is 11.6 Å². The van der Waals surface area contributed by atoms with Gasteiger partial charge in [-0.1, -0.05) is 90.4 Å². The molecule has 0 bridgehead atoms. The second-order valence-corrected chi connectivity index (χ2v) is 14.2. The summed E-state index contributed by atoms with van der Waals surface area (Å²) in [7, 11) is 0. The van der Waals surface area contributed by atoms with Gasteiger partial charge in [-0.25, -0.2) is 4.79 Å². The number of carbonyl (C=O) groups is 1. The molecular weight excluding hydrogens is 572 g/mol. The molecule has 0 aromatic rings. The summed E-state index contributed by atoms with van der Waals surface area (Å²) in [5.41, 5.74) is 0.575. The summed E-state index contributed by atoms with van der Waals surface area (Å²) in [5, 5.41) is 41.7. The third kappa shape index (κ3) is 14.7. The minimum atomic E-state index is -0.625. The van der Waals surface area contributed by atoms with E-state index < -0.39 is 24.4 Å². The Morgan fingerprint density at radius 1 is 0.711 bits per heavy atom. The standard InChI is InChI=1S/C37H66O8/c1-3-4-5-6-7-8-9-12-18-31(39)32(40)19-15-14-17-30-21-22-35(44-30)36-24-23-34(45-36)33(41)20-13-10-11-16-29(38)26-28-25-27(2)43-37(28)42/h25,27,29-36,38-41H,3-24,26H2,1-2H3/t27-,29+,30-,31-,32-,33+,34+,35+,36+/m0/s1. The molecule has 45 heavy (non-hydrogen) atoms. The fraction of sp³-hybridized carbons (Fsp3) is 0.919. The van der Waals surface area contributed by atoms with Crippen LogP contribution in [0.5, 0.6) is 0 Å². The number of ether oxygens (including phenoxy) is 3. The summed E-state index contributed by atoms with van der Waals surface area (Å²) in [6, 6.07) is 0. The van der Waals surface area contributed by atoms with Crippen molar-refractivity contribution in [2.75, 3.05) is 0 Å². The molecule has 4 N–H and O–H groups in total. The van der Waals surface area contributed by atoms with Crippen LogP contribution in [0.3, 0.4) is 0 Å². The van der Waals surface area contributed by atoms with E-state index in [0.717, 1.165) is 77.0 Å². The number of hydrogen-bond donors (Lipinski definition) is 4. The lowest BCUT2D eigenvalue weighted by Gasteiger charge is -2.23. The predicted molar refractivity (Wildman–Crippen MR) is 177 cm³/mol. The summed E-state index contributed by atoms with van der Waals surface area (Å²) in [6.45, 7) is 4.06. The number of unbranched alkanes of at least 4 members (excludes halogenated alkanes) is 10. The van der Waals surface area contributed by atoms with E-state index in [4.69, 9.17) is 14.2 Å². The highest BCUT2D eigenvalue weighted by Gasteiger charge is 2.39. The lowest BCUT2D eigenvalue weighted by molar-refractivity contribution is -0.139. The van der Waals surface area contributed by atoms with E-state index in [0.29, 0.717) is 37.7 Å². The molecule has 2 fully saturated rings. The molecule has 0 spiro atoms. The highest BCUT2D eigenvalue weighted by molar-refractivity contribution is 5.90. The van der Waals surface area contributed by atoms with E-state index in [-0.39, 0.29) is 36.5 Å². The van der Waals surface area contributed by atoms with Crippen molar-refractivity contribution >= 4 is 5.97 Å². The van der Waals surface area contributed by atoms with Gasteiger partial charge < -0.3 is 34.6 Å². The largest absolute Gasteiger partial charge is 0.455 e. The van der Waals surface area contributed by atoms with Gasteiger partial charge in [0.1, 0.15) is 6.10 Å². The van der Waals surface area contributed by atoms with E-state index in [2.05, 4.69) is 6.92 Å². The van der Waals surface area contributed by atoms with Gasteiger partial charge in [-0.15, -0.1) is 0 Å². The Morgan fingerprint density at radius 2 is 1.29 bits per heavy atom. The van der Waals surface area contributed by atoms with Gasteiger partial charge in [0, 0.05) is 12.0 Å². The molecule has 8 nitrogen and oxygen atoms in total. The van der Waals surface area contributed by atoms with Crippen molar-refractivity contribution in [1.29, 1.82) is 0 Å². The molecule has 8 heteroatoms. The predicted octanol–water partition coefficient (Wildman–Crippen LogP) is 6.83. The van der Waals surface area contributed by atoms with Gasteiger partial charge in [0.2, 0.25) is 0 Å². The maximum atomic E-state index is 11.7.